The second kappa shape index (κ2) is 12.1. The number of hydrogen-bond acceptors (Lipinski definition) is 14. The summed E-state index contributed by atoms with van der Waals surface area (Å²) in [7, 11) is -4.78. The number of carboxylic acid groups (broad SMARTS) is 1. The maximum absolute atomic E-state index is 13.1. The van der Waals surface area contributed by atoms with Crippen molar-refractivity contribution < 1.29 is 42.0 Å². The molecule has 3 atom stereocenters. The summed E-state index contributed by atoms with van der Waals surface area (Å²) in [5, 5.41) is 23.2. The molecule has 16 nitrogen and oxygen atoms in total. The molecule has 2 aliphatic rings. The van der Waals surface area contributed by atoms with Crippen molar-refractivity contribution in [3.05, 3.63) is 41.5 Å². The number of anilines is 2. The van der Waals surface area contributed by atoms with Crippen LogP contribution < -0.4 is 21.1 Å². The molecule has 3 aromatic rings. The molecule has 1 aromatic carbocycles. The lowest BCUT2D eigenvalue weighted by Gasteiger charge is -2.41. The first-order valence-corrected chi connectivity index (χ1v) is 15.2. The van der Waals surface area contributed by atoms with E-state index in [-0.39, 0.29) is 21.2 Å². The molecule has 2 aromatic heterocycles. The highest BCUT2D eigenvalue weighted by atomic mass is 32.2. The summed E-state index contributed by atoms with van der Waals surface area (Å²) in [6.07, 6.45) is -0.491. The first-order valence-electron chi connectivity index (χ1n) is 12.9. The van der Waals surface area contributed by atoms with Crippen LogP contribution in [0.25, 0.3) is 10.8 Å². The summed E-state index contributed by atoms with van der Waals surface area (Å²) in [6.45, 7) is 2.56. The Morgan fingerprint density at radius 2 is 2.09 bits per heavy atom. The van der Waals surface area contributed by atoms with E-state index in [1.807, 2.05) is 0 Å². The first kappa shape index (κ1) is 30.1. The van der Waals surface area contributed by atoms with E-state index in [1.165, 1.54) is 12.3 Å². The number of carbonyl (C=O) groups excluding carboxylic acids is 2. The largest absolute Gasteiger partial charge is 0.489 e. The molecule has 2 saturated heterocycles. The van der Waals surface area contributed by atoms with Gasteiger partial charge in [0.1, 0.15) is 23.9 Å². The summed E-state index contributed by atoms with van der Waals surface area (Å²) >= 11 is 0.989. The average molecular weight is 634 g/mol. The summed E-state index contributed by atoms with van der Waals surface area (Å²) in [5.41, 5.74) is 5.25. The van der Waals surface area contributed by atoms with Gasteiger partial charge in [0.25, 0.3) is 6.10 Å². The quantitative estimate of drug-likeness (QED) is 0.0747. The highest BCUT2D eigenvalue weighted by molar-refractivity contribution is 7.84. The van der Waals surface area contributed by atoms with E-state index in [1.54, 1.807) is 30.5 Å². The normalized spacial score (nSPS) is 19.8. The maximum atomic E-state index is 13.1. The second-order valence-electron chi connectivity index (χ2n) is 9.88. The third-order valence-electron chi connectivity index (χ3n) is 6.98. The third kappa shape index (κ3) is 6.51. The van der Waals surface area contributed by atoms with Crippen molar-refractivity contribution in [2.24, 2.45) is 11.1 Å². The Balaban J connectivity index is 1.29. The number of hydrogen-bond donors (Lipinski definition) is 5. The van der Waals surface area contributed by atoms with Crippen LogP contribution in [0.3, 0.4) is 0 Å². The van der Waals surface area contributed by atoms with Crippen molar-refractivity contribution in [2.75, 3.05) is 30.7 Å². The molecule has 43 heavy (non-hydrogen) atoms. The zero-order valence-electron chi connectivity index (χ0n) is 22.5. The molecule has 2 aliphatic heterocycles. The zero-order valence-corrected chi connectivity index (χ0v) is 24.2. The van der Waals surface area contributed by atoms with Crippen molar-refractivity contribution in [1.29, 1.82) is 0 Å². The molecule has 0 saturated carbocycles. The van der Waals surface area contributed by atoms with Crippen LogP contribution in [0.1, 0.15) is 19.0 Å². The van der Waals surface area contributed by atoms with E-state index >= 15 is 0 Å². The number of ether oxygens (including phenoxy) is 1. The second-order valence-corrected chi connectivity index (χ2v) is 12.1. The lowest BCUT2D eigenvalue weighted by atomic mass is 9.86. The van der Waals surface area contributed by atoms with Gasteiger partial charge >= 0.3 is 16.3 Å². The van der Waals surface area contributed by atoms with E-state index in [9.17, 15) is 32.5 Å². The number of carboxylic acids is 1. The number of pyridine rings is 1. The van der Waals surface area contributed by atoms with Crippen molar-refractivity contribution in [2.45, 2.75) is 31.5 Å². The number of aliphatic carboxylic acids is 1. The molecule has 0 radical (unpaired) electrons. The lowest BCUT2D eigenvalue weighted by molar-refractivity contribution is -0.152. The van der Waals surface area contributed by atoms with Crippen LogP contribution in [0, 0.1) is 5.92 Å². The summed E-state index contributed by atoms with van der Waals surface area (Å²) < 4.78 is 37.9. The number of nitrogens with one attached hydrogen (secondary N) is 2. The van der Waals surface area contributed by atoms with E-state index in [0.717, 1.165) is 41.0 Å². The number of oxime groups is 1. The topological polar surface area (TPSA) is 236 Å². The molecule has 0 spiro atoms. The van der Waals surface area contributed by atoms with Crippen LogP contribution in [0.4, 0.5) is 10.9 Å². The van der Waals surface area contributed by atoms with Crippen molar-refractivity contribution in [3.63, 3.8) is 0 Å². The predicted octanol–water partition coefficient (Wildman–Crippen LogP) is 0.519. The minimum Gasteiger partial charge on any atom is -0.489 e. The number of nitrogens with two attached hydrogens (primary N) is 1. The van der Waals surface area contributed by atoms with Crippen LogP contribution in [0.2, 0.25) is 0 Å². The van der Waals surface area contributed by atoms with Crippen molar-refractivity contribution in [1.82, 2.24) is 19.6 Å². The first-order chi connectivity index (χ1) is 20.4. The van der Waals surface area contributed by atoms with Crippen LogP contribution >= 0.6 is 11.3 Å². The van der Waals surface area contributed by atoms with Crippen molar-refractivity contribution in [3.8, 4) is 5.75 Å². The Morgan fingerprint density at radius 3 is 2.70 bits per heavy atom. The van der Waals surface area contributed by atoms with Gasteiger partial charge in [0.05, 0.1) is 18.0 Å². The number of fused-ring (bicyclic) bond motifs is 1. The monoisotopic (exact) mass is 633 g/mol. The van der Waals surface area contributed by atoms with Gasteiger partial charge in [0.15, 0.2) is 16.6 Å². The molecule has 5 rings (SSSR count). The number of nitrogen functional groups attached to an aromatic ring is 1. The number of rotatable bonds is 13. The highest BCUT2D eigenvalue weighted by Crippen LogP contribution is 2.32. The Hall–Kier alpha value is -4.39. The number of β-lactam (4-membered cyclic amide) rings is 1. The van der Waals surface area contributed by atoms with Crippen LogP contribution in [0.5, 0.6) is 5.75 Å². The van der Waals surface area contributed by atoms with Gasteiger partial charge in [-0.3, -0.25) is 14.1 Å². The van der Waals surface area contributed by atoms with Crippen LogP contribution in [-0.4, -0.2) is 93.6 Å². The molecular weight excluding hydrogens is 606 g/mol. The van der Waals surface area contributed by atoms with E-state index in [2.05, 4.69) is 25.8 Å². The number of aromatic nitrogens is 2. The number of Topliss-reactive ketones (excluding diaryl/α,β-unsaturated/α-hetero) is 1. The lowest BCUT2D eigenvalue weighted by Crippen LogP contribution is -2.62. The van der Waals surface area contributed by atoms with Gasteiger partial charge in [-0.25, -0.2) is 19.1 Å². The van der Waals surface area contributed by atoms with Gasteiger partial charge in [0, 0.05) is 36.5 Å². The SMILES string of the molecule is C[C@H]1[C@H](CC(=O)/C(=N\O[C@@H](COc2ccc3c(NC4CNC4)nccc3c2)C(=O)O)c2csc(N)n2)C(=O)N1S(=O)(=O)O. The van der Waals surface area contributed by atoms with Gasteiger partial charge in [-0.1, -0.05) is 5.16 Å². The Labute approximate surface area is 248 Å². The Kier molecular flexibility index (Phi) is 8.45. The summed E-state index contributed by atoms with van der Waals surface area (Å²) in [4.78, 5) is 51.0. The van der Waals surface area contributed by atoms with E-state index in [0.29, 0.717) is 5.75 Å². The molecular formula is C25H27N7O9S2. The molecule has 0 bridgehead atoms. The minimum atomic E-state index is -4.78. The molecule has 6 N–H and O–H groups in total. The fraction of sp³-hybridized carbons (Fsp3) is 0.360. The molecule has 0 unspecified atom stereocenters. The summed E-state index contributed by atoms with van der Waals surface area (Å²) in [6, 6.07) is 6.27. The molecule has 228 valence electrons. The summed E-state index contributed by atoms with van der Waals surface area (Å²) in [5.74, 6) is -3.16. The smallest absolute Gasteiger partial charge is 0.362 e. The fourth-order valence-electron chi connectivity index (χ4n) is 4.55. The van der Waals surface area contributed by atoms with E-state index < -0.39 is 64.8 Å². The van der Waals surface area contributed by atoms with Gasteiger partial charge in [-0.15, -0.1) is 11.3 Å². The highest BCUT2D eigenvalue weighted by Gasteiger charge is 2.51. The molecule has 18 heteroatoms. The third-order valence-corrected chi connectivity index (χ3v) is 8.66. The molecule has 0 aliphatic carbocycles. The standard InChI is InChI=1S/C25H27N7O9S2/c1-12-17(23(34)32(12)43(37,38)39)7-19(33)21(18-11-42-25(26)30-18)31-41-20(24(35)36)10-40-15-2-3-16-13(6-15)4-5-28-22(16)29-14-8-27-9-14/h2-6,11-12,14,17,20,27H,7-10H2,1H3,(H2,26,30)(H,28,29)(H,35,36)(H,37,38,39)/b31-21-/t12-,17-,20-/m0/s1. The minimum absolute atomic E-state index is 0.0196. The van der Waals surface area contributed by atoms with Gasteiger partial charge in [-0.2, -0.15) is 8.42 Å². The van der Waals surface area contributed by atoms with Gasteiger partial charge in [0.2, 0.25) is 5.91 Å². The maximum Gasteiger partial charge on any atom is 0.362 e. The van der Waals surface area contributed by atoms with E-state index in [4.69, 9.17) is 15.3 Å². The number of nitrogens with zero attached hydrogens (tertiary/aromatic N) is 4. The van der Waals surface area contributed by atoms with Crippen LogP contribution in [0.15, 0.2) is 41.0 Å². The number of amides is 1. The van der Waals surface area contributed by atoms with Crippen molar-refractivity contribution >= 4 is 66.7 Å². The molecule has 4 heterocycles. The fourth-order valence-corrected chi connectivity index (χ4v) is 6.02. The number of ketones is 1. The van der Waals surface area contributed by atoms with Gasteiger partial charge in [-0.05, 0) is 36.6 Å². The van der Waals surface area contributed by atoms with Gasteiger partial charge < -0.3 is 31.0 Å². The van der Waals surface area contributed by atoms with Crippen LogP contribution in [-0.2, 0) is 29.5 Å². The average Bonchev–Trinajstić information content (AvgIpc) is 3.35. The Morgan fingerprint density at radius 1 is 1.33 bits per heavy atom. The number of carbonyl (C=O) groups is 3. The zero-order chi connectivity index (χ0) is 30.9. The number of benzene rings is 1. The molecule has 1 amide bonds. The Bertz CT molecular complexity index is 1710. The predicted molar refractivity (Wildman–Crippen MR) is 154 cm³/mol. The number of thiazole rings is 1. The molecule has 2 fully saturated rings.